The summed E-state index contributed by atoms with van der Waals surface area (Å²) in [5, 5.41) is 9.69. The number of aromatic amines is 1. The van der Waals surface area contributed by atoms with Crippen molar-refractivity contribution in [3.8, 4) is 0 Å². The first-order valence-corrected chi connectivity index (χ1v) is 6.28. The van der Waals surface area contributed by atoms with Gasteiger partial charge in [0.1, 0.15) is 5.69 Å². The molecule has 6 heteroatoms. The average Bonchev–Trinajstić information content (AvgIpc) is 2.59. The third-order valence-electron chi connectivity index (χ3n) is 1.99. The highest BCUT2D eigenvalue weighted by Crippen LogP contribution is 2.36. The zero-order valence-corrected chi connectivity index (χ0v) is 11.9. The number of aromatic carboxylic acids is 1. The molecule has 0 amide bonds. The van der Waals surface area contributed by atoms with Gasteiger partial charge in [0.15, 0.2) is 0 Å². The van der Waals surface area contributed by atoms with Crippen molar-refractivity contribution in [1.82, 2.24) is 4.98 Å². The van der Waals surface area contributed by atoms with Crippen LogP contribution < -0.4 is 0 Å². The molecular formula is C9H4Br3NO2. The molecule has 78 valence electrons. The molecule has 1 aromatic heterocycles. The predicted molar refractivity (Wildman–Crippen MR) is 68.4 cm³/mol. The highest BCUT2D eigenvalue weighted by atomic mass is 79.9. The first-order valence-electron chi connectivity index (χ1n) is 3.90. The number of nitrogens with one attached hydrogen (secondary N) is 1. The van der Waals surface area contributed by atoms with Crippen LogP contribution in [0.4, 0.5) is 0 Å². The van der Waals surface area contributed by atoms with E-state index in [1.807, 2.05) is 6.07 Å². The number of hydrogen-bond acceptors (Lipinski definition) is 1. The lowest BCUT2D eigenvalue weighted by molar-refractivity contribution is 0.0691. The Hall–Kier alpha value is -0.330. The predicted octanol–water partition coefficient (Wildman–Crippen LogP) is 4.15. The van der Waals surface area contributed by atoms with Crippen LogP contribution >= 0.6 is 47.8 Å². The summed E-state index contributed by atoms with van der Waals surface area (Å²) in [6.45, 7) is 0. The minimum atomic E-state index is -0.971. The standard InChI is InChI=1S/C9H4Br3NO2/c10-4-2-5(11)8-3(7(4)12)1-6(13-8)9(14)15/h1-2,13H,(H,14,15). The Balaban J connectivity index is 2.85. The van der Waals surface area contributed by atoms with Crippen LogP contribution in [0.1, 0.15) is 10.5 Å². The Kier molecular flexibility index (Phi) is 2.92. The Labute approximate surface area is 110 Å². The molecule has 15 heavy (non-hydrogen) atoms. The second kappa shape index (κ2) is 3.92. The topological polar surface area (TPSA) is 53.1 Å². The van der Waals surface area contributed by atoms with Crippen molar-refractivity contribution < 1.29 is 9.90 Å². The highest BCUT2D eigenvalue weighted by molar-refractivity contribution is 9.13. The molecule has 0 unspecified atom stereocenters. The van der Waals surface area contributed by atoms with Crippen LogP contribution in [0, 0.1) is 0 Å². The second-order valence-electron chi connectivity index (χ2n) is 2.93. The van der Waals surface area contributed by atoms with E-state index in [0.717, 1.165) is 24.3 Å². The van der Waals surface area contributed by atoms with Gasteiger partial charge in [0.25, 0.3) is 0 Å². The summed E-state index contributed by atoms with van der Waals surface area (Å²) in [5.74, 6) is -0.971. The summed E-state index contributed by atoms with van der Waals surface area (Å²) in [6.07, 6.45) is 0. The average molecular weight is 398 g/mol. The van der Waals surface area contributed by atoms with Crippen molar-refractivity contribution in [1.29, 1.82) is 0 Å². The number of benzene rings is 1. The maximum Gasteiger partial charge on any atom is 0.352 e. The largest absolute Gasteiger partial charge is 0.477 e. The summed E-state index contributed by atoms with van der Waals surface area (Å²) in [7, 11) is 0. The maximum absolute atomic E-state index is 10.8. The van der Waals surface area contributed by atoms with Crippen LogP contribution in [0.5, 0.6) is 0 Å². The Morgan fingerprint density at radius 1 is 1.20 bits per heavy atom. The minimum absolute atomic E-state index is 0.171. The lowest BCUT2D eigenvalue weighted by Crippen LogP contribution is -1.94. The monoisotopic (exact) mass is 395 g/mol. The summed E-state index contributed by atoms with van der Waals surface area (Å²) in [4.78, 5) is 13.6. The number of fused-ring (bicyclic) bond motifs is 1. The normalized spacial score (nSPS) is 10.9. The van der Waals surface area contributed by atoms with E-state index in [0.29, 0.717) is 0 Å². The van der Waals surface area contributed by atoms with Gasteiger partial charge in [0.05, 0.1) is 5.52 Å². The molecule has 0 radical (unpaired) electrons. The molecule has 0 aliphatic heterocycles. The van der Waals surface area contributed by atoms with Crippen LogP contribution in [0.2, 0.25) is 0 Å². The molecule has 0 saturated heterocycles. The molecule has 0 saturated carbocycles. The van der Waals surface area contributed by atoms with Crippen LogP contribution in [0.3, 0.4) is 0 Å². The molecule has 1 aromatic carbocycles. The van der Waals surface area contributed by atoms with Crippen LogP contribution in [0.15, 0.2) is 25.6 Å². The Bertz CT molecular complexity index is 562. The van der Waals surface area contributed by atoms with Gasteiger partial charge in [-0.1, -0.05) is 0 Å². The molecule has 0 spiro atoms. The third-order valence-corrected chi connectivity index (χ3v) is 4.62. The maximum atomic E-state index is 10.8. The number of carboxylic acids is 1. The van der Waals surface area contributed by atoms with Gasteiger partial charge >= 0.3 is 5.97 Å². The zero-order valence-electron chi connectivity index (χ0n) is 7.14. The van der Waals surface area contributed by atoms with Crippen LogP contribution in [-0.2, 0) is 0 Å². The fraction of sp³-hybridized carbons (Fsp3) is 0. The molecule has 0 aliphatic rings. The van der Waals surface area contributed by atoms with Crippen molar-refractivity contribution in [2.24, 2.45) is 0 Å². The fourth-order valence-electron chi connectivity index (χ4n) is 1.31. The van der Waals surface area contributed by atoms with Gasteiger partial charge in [0.2, 0.25) is 0 Å². The minimum Gasteiger partial charge on any atom is -0.477 e. The van der Waals surface area contributed by atoms with Gasteiger partial charge in [-0.3, -0.25) is 0 Å². The van der Waals surface area contributed by atoms with E-state index >= 15 is 0 Å². The summed E-state index contributed by atoms with van der Waals surface area (Å²) in [6, 6.07) is 3.45. The van der Waals surface area contributed by atoms with E-state index < -0.39 is 5.97 Å². The molecule has 2 rings (SSSR count). The molecular weight excluding hydrogens is 394 g/mol. The molecule has 0 bridgehead atoms. The molecule has 2 N–H and O–H groups in total. The first-order chi connectivity index (χ1) is 7.00. The summed E-state index contributed by atoms with van der Waals surface area (Å²) in [5.41, 5.74) is 0.937. The molecule has 0 fully saturated rings. The molecule has 2 aromatic rings. The van der Waals surface area contributed by atoms with Gasteiger partial charge < -0.3 is 10.1 Å². The smallest absolute Gasteiger partial charge is 0.352 e. The highest BCUT2D eigenvalue weighted by Gasteiger charge is 2.13. The van der Waals surface area contributed by atoms with E-state index in [1.54, 1.807) is 6.07 Å². The Morgan fingerprint density at radius 3 is 2.47 bits per heavy atom. The molecule has 0 aliphatic carbocycles. The van der Waals surface area contributed by atoms with Gasteiger partial charge in [-0.05, 0) is 59.9 Å². The van der Waals surface area contributed by atoms with Crippen molar-refractivity contribution in [2.75, 3.05) is 0 Å². The van der Waals surface area contributed by atoms with Gasteiger partial charge in [-0.2, -0.15) is 0 Å². The van der Waals surface area contributed by atoms with Crippen LogP contribution in [0.25, 0.3) is 10.9 Å². The molecule has 0 atom stereocenters. The van der Waals surface area contributed by atoms with Gasteiger partial charge in [0, 0.05) is 18.8 Å². The van der Waals surface area contributed by atoms with Crippen molar-refractivity contribution in [2.45, 2.75) is 0 Å². The lowest BCUT2D eigenvalue weighted by atomic mass is 10.2. The van der Waals surface area contributed by atoms with Gasteiger partial charge in [-0.15, -0.1) is 0 Å². The van der Waals surface area contributed by atoms with Crippen molar-refractivity contribution in [3.63, 3.8) is 0 Å². The summed E-state index contributed by atoms with van der Waals surface area (Å²) >= 11 is 10.1. The number of halogens is 3. The third kappa shape index (κ3) is 1.86. The van der Waals surface area contributed by atoms with E-state index in [9.17, 15) is 4.79 Å². The first kappa shape index (κ1) is 11.2. The zero-order chi connectivity index (χ0) is 11.2. The van der Waals surface area contributed by atoms with E-state index in [4.69, 9.17) is 5.11 Å². The van der Waals surface area contributed by atoms with Crippen molar-refractivity contribution in [3.05, 3.63) is 31.2 Å². The number of H-pyrrole nitrogens is 1. The molecule has 3 nitrogen and oxygen atoms in total. The summed E-state index contributed by atoms with van der Waals surface area (Å²) < 4.78 is 2.53. The number of aromatic nitrogens is 1. The number of carboxylic acid groups (broad SMARTS) is 1. The van der Waals surface area contributed by atoms with Crippen molar-refractivity contribution >= 4 is 64.7 Å². The van der Waals surface area contributed by atoms with Crippen LogP contribution in [-0.4, -0.2) is 16.1 Å². The second-order valence-corrected chi connectivity index (χ2v) is 5.43. The van der Waals surface area contributed by atoms with E-state index in [2.05, 4.69) is 52.8 Å². The lowest BCUT2D eigenvalue weighted by Gasteiger charge is -2.00. The number of carbonyl (C=O) groups is 1. The molecule has 1 heterocycles. The fourth-order valence-corrected chi connectivity index (χ4v) is 3.03. The quantitative estimate of drug-likeness (QED) is 0.710. The number of hydrogen-bond donors (Lipinski definition) is 2. The van der Waals surface area contributed by atoms with E-state index in [-0.39, 0.29) is 5.69 Å². The van der Waals surface area contributed by atoms with Gasteiger partial charge in [-0.25, -0.2) is 4.79 Å². The Morgan fingerprint density at radius 2 is 1.87 bits per heavy atom. The van der Waals surface area contributed by atoms with E-state index in [1.165, 1.54) is 0 Å². The SMILES string of the molecule is O=C(O)c1cc2c(Br)c(Br)cc(Br)c2[nH]1. The number of rotatable bonds is 1.